The largest absolute Gasteiger partial charge is 0.462 e. The van der Waals surface area contributed by atoms with E-state index in [1.165, 1.54) is 154 Å². The van der Waals surface area contributed by atoms with E-state index in [2.05, 4.69) is 81.5 Å². The number of unbranched alkanes of at least 4 members (excludes halogenated alkanes) is 27. The summed E-state index contributed by atoms with van der Waals surface area (Å²) in [6, 6.07) is 0. The van der Waals surface area contributed by atoms with Crippen LogP contribution >= 0.6 is 0 Å². The predicted octanol–water partition coefficient (Wildman–Crippen LogP) is 17.6. The van der Waals surface area contributed by atoms with E-state index in [0.717, 1.165) is 64.2 Å². The van der Waals surface area contributed by atoms with Crippen LogP contribution < -0.4 is 0 Å². The molecule has 0 saturated carbocycles. The molecule has 1 atom stereocenters. The molecule has 0 fully saturated rings. The van der Waals surface area contributed by atoms with Gasteiger partial charge in [0.1, 0.15) is 13.2 Å². The van der Waals surface area contributed by atoms with Gasteiger partial charge in [-0.3, -0.25) is 14.4 Å². The van der Waals surface area contributed by atoms with Gasteiger partial charge in [-0.15, -0.1) is 0 Å². The summed E-state index contributed by atoms with van der Waals surface area (Å²) >= 11 is 0. The number of hydrogen-bond donors (Lipinski definition) is 0. The van der Waals surface area contributed by atoms with E-state index < -0.39 is 6.10 Å². The van der Waals surface area contributed by atoms with Gasteiger partial charge in [0.25, 0.3) is 0 Å². The normalized spacial score (nSPS) is 12.5. The average Bonchev–Trinajstić information content (AvgIpc) is 3.28. The maximum Gasteiger partial charge on any atom is 0.306 e. The molecule has 0 bridgehead atoms. The topological polar surface area (TPSA) is 78.9 Å². The molecule has 0 aromatic heterocycles. The first-order chi connectivity index (χ1) is 31.0. The Balaban J connectivity index is 4.46. The van der Waals surface area contributed by atoms with Crippen molar-refractivity contribution < 1.29 is 28.6 Å². The molecule has 0 radical (unpaired) electrons. The van der Waals surface area contributed by atoms with Crippen LogP contribution in [0.4, 0.5) is 0 Å². The lowest BCUT2D eigenvalue weighted by Crippen LogP contribution is -2.30. The van der Waals surface area contributed by atoms with Crippen LogP contribution in [0.2, 0.25) is 0 Å². The Labute approximate surface area is 390 Å². The summed E-state index contributed by atoms with van der Waals surface area (Å²) in [7, 11) is 0. The van der Waals surface area contributed by atoms with E-state index >= 15 is 0 Å². The molecular weight excluding hydrogens is 781 g/mol. The summed E-state index contributed by atoms with van der Waals surface area (Å²) in [6.45, 7) is 6.56. The second-order valence-corrected chi connectivity index (χ2v) is 17.8. The summed E-state index contributed by atoms with van der Waals surface area (Å²) in [4.78, 5) is 38.0. The highest BCUT2D eigenvalue weighted by Gasteiger charge is 2.19. The van der Waals surface area contributed by atoms with Gasteiger partial charge in [-0.2, -0.15) is 0 Å². The van der Waals surface area contributed by atoms with Gasteiger partial charge in [-0.1, -0.05) is 223 Å². The van der Waals surface area contributed by atoms with Crippen LogP contribution in [-0.2, 0) is 28.6 Å². The fourth-order valence-corrected chi connectivity index (χ4v) is 7.43. The van der Waals surface area contributed by atoms with Gasteiger partial charge in [-0.05, 0) is 83.5 Å². The Kier molecular flexibility index (Phi) is 49.4. The van der Waals surface area contributed by atoms with Gasteiger partial charge in [-0.25, -0.2) is 0 Å². The number of hydrogen-bond acceptors (Lipinski definition) is 6. The SMILES string of the molecule is CCCCC/C=C/C/C=C/C/C=C/C/C=C/CCCC(=O)OC[C@@H](COC(=O)CCCCCCCCCCCCCCC)OC(=O)CCCCCCCCC/C=C/CCCCCC. The van der Waals surface area contributed by atoms with Gasteiger partial charge < -0.3 is 14.2 Å². The van der Waals surface area contributed by atoms with Crippen molar-refractivity contribution in [2.45, 2.75) is 271 Å². The molecule has 0 aromatic carbocycles. The lowest BCUT2D eigenvalue weighted by Gasteiger charge is -2.18. The van der Waals surface area contributed by atoms with Crippen LogP contribution in [0.5, 0.6) is 0 Å². The maximum absolute atomic E-state index is 12.8. The summed E-state index contributed by atoms with van der Waals surface area (Å²) in [5.74, 6) is -0.947. The minimum Gasteiger partial charge on any atom is -0.462 e. The van der Waals surface area contributed by atoms with Crippen molar-refractivity contribution in [1.29, 1.82) is 0 Å². The first-order valence-electron chi connectivity index (χ1n) is 26.8. The van der Waals surface area contributed by atoms with Crippen molar-refractivity contribution in [2.24, 2.45) is 0 Å². The van der Waals surface area contributed by atoms with E-state index in [1.54, 1.807) is 0 Å². The molecular formula is C57H100O6. The third kappa shape index (κ3) is 50.0. The third-order valence-corrected chi connectivity index (χ3v) is 11.5. The molecule has 0 aliphatic rings. The number of esters is 3. The van der Waals surface area contributed by atoms with Gasteiger partial charge in [0, 0.05) is 19.3 Å². The second-order valence-electron chi connectivity index (χ2n) is 17.8. The maximum atomic E-state index is 12.8. The number of carbonyl (C=O) groups is 3. The van der Waals surface area contributed by atoms with Gasteiger partial charge in [0.15, 0.2) is 6.10 Å². The standard InChI is InChI=1S/C57H100O6/c1-4-7-10-13-16-19-22-25-27-28-30-32-35-38-41-44-47-50-56(59)62-53-54(52-61-55(58)49-46-43-40-37-34-31-24-21-18-15-12-9-6-3)63-57(60)51-48-45-42-39-36-33-29-26-23-20-17-14-11-8-5-2/h16,19-20,23,25,27,30,32,38,41,54H,4-15,17-18,21-22,24,26,28-29,31,33-37,39-40,42-53H2,1-3H3/b19-16+,23-20+,27-25+,32-30+,41-38+/t54-/m1/s1. The third-order valence-electron chi connectivity index (χ3n) is 11.5. The monoisotopic (exact) mass is 881 g/mol. The number of rotatable bonds is 48. The van der Waals surface area contributed by atoms with Crippen LogP contribution in [0.3, 0.4) is 0 Å². The molecule has 0 unspecified atom stereocenters. The Morgan fingerprint density at radius 2 is 0.587 bits per heavy atom. The van der Waals surface area contributed by atoms with Crippen molar-refractivity contribution >= 4 is 17.9 Å². The Bertz CT molecular complexity index is 1150. The highest BCUT2D eigenvalue weighted by Crippen LogP contribution is 2.15. The Hall–Kier alpha value is -2.89. The Morgan fingerprint density at radius 3 is 1.02 bits per heavy atom. The minimum atomic E-state index is -0.795. The van der Waals surface area contributed by atoms with Crippen molar-refractivity contribution in [3.05, 3.63) is 60.8 Å². The van der Waals surface area contributed by atoms with Crippen molar-refractivity contribution in [1.82, 2.24) is 0 Å². The number of allylic oxidation sites excluding steroid dienone is 10. The molecule has 0 N–H and O–H groups in total. The molecule has 364 valence electrons. The summed E-state index contributed by atoms with van der Waals surface area (Å²) in [5, 5.41) is 0. The number of ether oxygens (including phenoxy) is 3. The molecule has 63 heavy (non-hydrogen) atoms. The summed E-state index contributed by atoms with van der Waals surface area (Å²) < 4.78 is 16.8. The average molecular weight is 881 g/mol. The fourth-order valence-electron chi connectivity index (χ4n) is 7.43. The summed E-state index contributed by atoms with van der Waals surface area (Å²) in [5.41, 5.74) is 0. The highest BCUT2D eigenvalue weighted by atomic mass is 16.6. The molecule has 0 aliphatic heterocycles. The lowest BCUT2D eigenvalue weighted by atomic mass is 10.0. The zero-order chi connectivity index (χ0) is 45.8. The molecule has 0 aromatic rings. The molecule has 0 amide bonds. The molecule has 0 spiro atoms. The molecule has 6 nitrogen and oxygen atoms in total. The zero-order valence-electron chi connectivity index (χ0n) is 41.6. The molecule has 0 aliphatic carbocycles. The zero-order valence-corrected chi connectivity index (χ0v) is 41.6. The fraction of sp³-hybridized carbons (Fsp3) is 0.772. The van der Waals surface area contributed by atoms with Crippen LogP contribution in [0.25, 0.3) is 0 Å². The lowest BCUT2D eigenvalue weighted by molar-refractivity contribution is -0.167. The van der Waals surface area contributed by atoms with Crippen molar-refractivity contribution in [2.75, 3.05) is 13.2 Å². The van der Waals surface area contributed by atoms with Crippen LogP contribution in [0.1, 0.15) is 265 Å². The minimum absolute atomic E-state index is 0.0907. The molecule has 0 rings (SSSR count). The first kappa shape index (κ1) is 60.1. The smallest absolute Gasteiger partial charge is 0.306 e. The summed E-state index contributed by atoms with van der Waals surface area (Å²) in [6.07, 6.45) is 63.5. The van der Waals surface area contributed by atoms with Crippen molar-refractivity contribution in [3.8, 4) is 0 Å². The van der Waals surface area contributed by atoms with Gasteiger partial charge in [0.05, 0.1) is 0 Å². The second kappa shape index (κ2) is 51.7. The first-order valence-corrected chi connectivity index (χ1v) is 26.8. The Morgan fingerprint density at radius 1 is 0.317 bits per heavy atom. The van der Waals surface area contributed by atoms with Crippen LogP contribution in [0, 0.1) is 0 Å². The van der Waals surface area contributed by atoms with Gasteiger partial charge in [0.2, 0.25) is 0 Å². The van der Waals surface area contributed by atoms with E-state index in [4.69, 9.17) is 14.2 Å². The number of carbonyl (C=O) groups excluding carboxylic acids is 3. The quantitative estimate of drug-likeness (QED) is 0.0262. The van der Waals surface area contributed by atoms with Gasteiger partial charge >= 0.3 is 17.9 Å². The van der Waals surface area contributed by atoms with E-state index in [-0.39, 0.29) is 37.5 Å². The van der Waals surface area contributed by atoms with Crippen LogP contribution in [-0.4, -0.2) is 37.2 Å². The van der Waals surface area contributed by atoms with E-state index in [0.29, 0.717) is 19.3 Å². The predicted molar refractivity (Wildman–Crippen MR) is 270 cm³/mol. The molecule has 0 heterocycles. The molecule has 0 saturated heterocycles. The van der Waals surface area contributed by atoms with E-state index in [1.807, 2.05) is 0 Å². The van der Waals surface area contributed by atoms with Crippen LogP contribution in [0.15, 0.2) is 60.8 Å². The molecule has 6 heteroatoms. The highest BCUT2D eigenvalue weighted by molar-refractivity contribution is 5.71. The van der Waals surface area contributed by atoms with E-state index in [9.17, 15) is 14.4 Å². The van der Waals surface area contributed by atoms with Crippen molar-refractivity contribution in [3.63, 3.8) is 0 Å².